The van der Waals surface area contributed by atoms with Crippen LogP contribution in [0.4, 0.5) is 0 Å². The van der Waals surface area contributed by atoms with E-state index in [0.29, 0.717) is 0 Å². The number of carbonyl (C=O) groups is 2. The minimum absolute atomic E-state index is 0.102. The van der Waals surface area contributed by atoms with Gasteiger partial charge in [0.25, 0.3) is 0 Å². The lowest BCUT2D eigenvalue weighted by Crippen LogP contribution is -2.53. The van der Waals surface area contributed by atoms with Crippen LogP contribution in [0.15, 0.2) is 60.7 Å². The average molecular weight is 280 g/mol. The normalized spacial score (nSPS) is 22.0. The summed E-state index contributed by atoms with van der Waals surface area (Å²) in [4.78, 5) is 26.5. The van der Waals surface area contributed by atoms with Crippen molar-refractivity contribution in [2.45, 2.75) is 12.1 Å². The zero-order valence-corrected chi connectivity index (χ0v) is 11.7. The van der Waals surface area contributed by atoms with E-state index < -0.39 is 12.1 Å². The second-order valence-corrected chi connectivity index (χ2v) is 5.11. The van der Waals surface area contributed by atoms with Crippen LogP contribution in [0.25, 0.3) is 0 Å². The average Bonchev–Trinajstić information content (AvgIpc) is 2.53. The molecule has 2 aromatic rings. The Hall–Kier alpha value is -2.62. The third-order valence-corrected chi connectivity index (χ3v) is 3.77. The highest BCUT2D eigenvalue weighted by Gasteiger charge is 2.39. The predicted molar refractivity (Wildman–Crippen MR) is 79.3 cm³/mol. The summed E-state index contributed by atoms with van der Waals surface area (Å²) < 4.78 is 0. The van der Waals surface area contributed by atoms with Crippen molar-refractivity contribution in [2.24, 2.45) is 0 Å². The Balaban J connectivity index is 1.92. The maximum atomic E-state index is 12.6. The maximum Gasteiger partial charge on any atom is 0.250 e. The Labute approximate surface area is 123 Å². The Bertz CT molecular complexity index is 655. The molecule has 0 aliphatic carbocycles. The van der Waals surface area contributed by atoms with E-state index in [2.05, 4.69) is 5.32 Å². The summed E-state index contributed by atoms with van der Waals surface area (Å²) in [5, 5.41) is 2.83. The van der Waals surface area contributed by atoms with Crippen LogP contribution in [0.1, 0.15) is 23.2 Å². The Morgan fingerprint density at radius 2 is 1.38 bits per heavy atom. The van der Waals surface area contributed by atoms with Crippen LogP contribution >= 0.6 is 0 Å². The van der Waals surface area contributed by atoms with Crippen molar-refractivity contribution in [3.63, 3.8) is 0 Å². The van der Waals surface area contributed by atoms with Gasteiger partial charge in [-0.2, -0.15) is 0 Å². The molecule has 0 saturated carbocycles. The van der Waals surface area contributed by atoms with Gasteiger partial charge in [-0.1, -0.05) is 60.7 Å². The number of piperazine rings is 1. The van der Waals surface area contributed by atoms with E-state index in [0.717, 1.165) is 11.1 Å². The number of hydrogen-bond acceptors (Lipinski definition) is 2. The van der Waals surface area contributed by atoms with Crippen molar-refractivity contribution < 1.29 is 9.59 Å². The number of hydrogen-bond donors (Lipinski definition) is 1. The van der Waals surface area contributed by atoms with E-state index in [1.807, 2.05) is 60.7 Å². The molecule has 0 radical (unpaired) electrons. The van der Waals surface area contributed by atoms with E-state index in [-0.39, 0.29) is 11.8 Å². The van der Waals surface area contributed by atoms with E-state index in [4.69, 9.17) is 0 Å². The van der Waals surface area contributed by atoms with Gasteiger partial charge < -0.3 is 10.2 Å². The van der Waals surface area contributed by atoms with E-state index in [9.17, 15) is 9.59 Å². The van der Waals surface area contributed by atoms with Crippen LogP contribution in [-0.2, 0) is 9.59 Å². The molecule has 4 nitrogen and oxygen atoms in total. The molecule has 3 rings (SSSR count). The van der Waals surface area contributed by atoms with Gasteiger partial charge in [-0.3, -0.25) is 9.59 Å². The molecule has 1 N–H and O–H groups in total. The first-order valence-electron chi connectivity index (χ1n) is 6.85. The first-order chi connectivity index (χ1) is 10.2. The zero-order chi connectivity index (χ0) is 14.8. The van der Waals surface area contributed by atoms with Gasteiger partial charge in [0.1, 0.15) is 12.1 Å². The van der Waals surface area contributed by atoms with Crippen LogP contribution < -0.4 is 5.32 Å². The first kappa shape index (κ1) is 13.4. The van der Waals surface area contributed by atoms with Gasteiger partial charge in [-0.15, -0.1) is 0 Å². The summed E-state index contributed by atoms with van der Waals surface area (Å²) in [5.41, 5.74) is 1.62. The Morgan fingerprint density at radius 1 is 0.857 bits per heavy atom. The fraction of sp³-hybridized carbons (Fsp3) is 0.176. The highest BCUT2D eigenvalue weighted by molar-refractivity contribution is 5.97. The number of carbonyl (C=O) groups excluding carboxylic acids is 2. The highest BCUT2D eigenvalue weighted by Crippen LogP contribution is 2.29. The molecule has 0 aromatic heterocycles. The largest absolute Gasteiger partial charge is 0.338 e. The lowest BCUT2D eigenvalue weighted by molar-refractivity contribution is -0.148. The molecule has 2 amide bonds. The smallest absolute Gasteiger partial charge is 0.250 e. The van der Waals surface area contributed by atoms with Crippen molar-refractivity contribution in [3.05, 3.63) is 71.8 Å². The molecule has 2 unspecified atom stereocenters. The molecule has 1 aliphatic heterocycles. The number of nitrogens with one attached hydrogen (secondary N) is 1. The fourth-order valence-corrected chi connectivity index (χ4v) is 2.67. The van der Waals surface area contributed by atoms with Crippen molar-refractivity contribution in [1.29, 1.82) is 0 Å². The minimum atomic E-state index is -0.608. The lowest BCUT2D eigenvalue weighted by Gasteiger charge is -2.37. The van der Waals surface area contributed by atoms with Crippen molar-refractivity contribution in [1.82, 2.24) is 10.2 Å². The lowest BCUT2D eigenvalue weighted by atomic mass is 9.97. The number of nitrogens with zero attached hydrogens (tertiary/aromatic N) is 1. The van der Waals surface area contributed by atoms with Crippen molar-refractivity contribution >= 4 is 11.8 Å². The SMILES string of the molecule is CN1C(=O)C(c2ccccc2)NC(=O)C1c1ccccc1. The second kappa shape index (κ2) is 5.40. The molecular formula is C17H16N2O2. The van der Waals surface area contributed by atoms with E-state index in [1.165, 1.54) is 4.90 Å². The molecule has 1 aliphatic rings. The van der Waals surface area contributed by atoms with Gasteiger partial charge in [-0.25, -0.2) is 0 Å². The number of amides is 2. The highest BCUT2D eigenvalue weighted by atomic mass is 16.2. The van der Waals surface area contributed by atoms with Gasteiger partial charge >= 0.3 is 0 Å². The topological polar surface area (TPSA) is 49.4 Å². The van der Waals surface area contributed by atoms with Crippen molar-refractivity contribution in [3.8, 4) is 0 Å². The fourth-order valence-electron chi connectivity index (χ4n) is 2.67. The van der Waals surface area contributed by atoms with Gasteiger partial charge in [0, 0.05) is 7.05 Å². The molecule has 2 aromatic carbocycles. The quantitative estimate of drug-likeness (QED) is 0.915. The number of likely N-dealkylation sites (N-methyl/N-ethyl adjacent to an activating group) is 1. The van der Waals surface area contributed by atoms with Crippen LogP contribution in [0.5, 0.6) is 0 Å². The van der Waals surface area contributed by atoms with Crippen LogP contribution in [0.3, 0.4) is 0 Å². The standard InChI is InChI=1S/C17H16N2O2/c1-19-15(13-10-6-3-7-11-13)16(20)18-14(17(19)21)12-8-4-2-5-9-12/h2-11,14-15H,1H3,(H,18,20). The van der Waals surface area contributed by atoms with Crippen LogP contribution in [0, 0.1) is 0 Å². The number of benzene rings is 2. The molecule has 2 atom stereocenters. The summed E-state index contributed by atoms with van der Waals surface area (Å²) in [6.45, 7) is 0. The van der Waals surface area contributed by atoms with Gasteiger partial charge in [0.2, 0.25) is 11.8 Å². The minimum Gasteiger partial charge on any atom is -0.338 e. The van der Waals surface area contributed by atoms with E-state index >= 15 is 0 Å². The van der Waals surface area contributed by atoms with Crippen LogP contribution in [0.2, 0.25) is 0 Å². The number of rotatable bonds is 2. The zero-order valence-electron chi connectivity index (χ0n) is 11.7. The summed E-state index contributed by atoms with van der Waals surface area (Å²) in [6, 6.07) is 17.5. The van der Waals surface area contributed by atoms with Gasteiger partial charge in [0.05, 0.1) is 0 Å². The van der Waals surface area contributed by atoms with Gasteiger partial charge in [0.15, 0.2) is 0 Å². The van der Waals surface area contributed by atoms with Crippen molar-refractivity contribution in [2.75, 3.05) is 7.05 Å². The molecular weight excluding hydrogens is 264 g/mol. The molecule has 1 fully saturated rings. The monoisotopic (exact) mass is 280 g/mol. The maximum absolute atomic E-state index is 12.6. The summed E-state index contributed by atoms with van der Waals surface area (Å²) in [6.07, 6.45) is 0. The molecule has 106 valence electrons. The summed E-state index contributed by atoms with van der Waals surface area (Å²) in [5.74, 6) is -0.258. The molecule has 1 saturated heterocycles. The molecule has 0 spiro atoms. The molecule has 1 heterocycles. The first-order valence-corrected chi connectivity index (χ1v) is 6.85. The van der Waals surface area contributed by atoms with Gasteiger partial charge in [-0.05, 0) is 11.1 Å². The third-order valence-electron chi connectivity index (χ3n) is 3.77. The summed E-state index contributed by atoms with van der Waals surface area (Å²) in [7, 11) is 1.68. The Morgan fingerprint density at radius 3 is 1.95 bits per heavy atom. The molecule has 21 heavy (non-hydrogen) atoms. The third kappa shape index (κ3) is 2.40. The Kier molecular flexibility index (Phi) is 3.44. The van der Waals surface area contributed by atoms with Crippen LogP contribution in [-0.4, -0.2) is 23.8 Å². The molecule has 0 bridgehead atoms. The molecule has 4 heteroatoms. The predicted octanol–water partition coefficient (Wildman–Crippen LogP) is 2.06. The summed E-state index contributed by atoms with van der Waals surface area (Å²) >= 11 is 0. The second-order valence-electron chi connectivity index (χ2n) is 5.11. The van der Waals surface area contributed by atoms with E-state index in [1.54, 1.807) is 7.05 Å².